The molecule has 1 atom stereocenters. The first kappa shape index (κ1) is 18.5. The van der Waals surface area contributed by atoms with Gasteiger partial charge in [-0.2, -0.15) is 0 Å². The van der Waals surface area contributed by atoms with Gasteiger partial charge in [0.05, 0.1) is 13.2 Å². The summed E-state index contributed by atoms with van der Waals surface area (Å²) in [5.74, 6) is 0.191. The van der Waals surface area contributed by atoms with Crippen LogP contribution in [0.1, 0.15) is 17.5 Å². The number of piperazine rings is 1. The van der Waals surface area contributed by atoms with E-state index in [-0.39, 0.29) is 36.6 Å². The number of carbonyl (C=O) groups excluding carboxylic acids is 2. The molecule has 0 aliphatic carbocycles. The van der Waals surface area contributed by atoms with Crippen LogP contribution < -0.4 is 4.74 Å². The van der Waals surface area contributed by atoms with E-state index in [1.54, 1.807) is 28.0 Å². The van der Waals surface area contributed by atoms with Gasteiger partial charge in [0.1, 0.15) is 11.6 Å². The summed E-state index contributed by atoms with van der Waals surface area (Å²) in [5, 5.41) is 0. The van der Waals surface area contributed by atoms with Crippen LogP contribution in [0, 0.1) is 11.7 Å². The van der Waals surface area contributed by atoms with Gasteiger partial charge in [0.2, 0.25) is 11.8 Å². The van der Waals surface area contributed by atoms with Crippen molar-refractivity contribution in [1.29, 1.82) is 0 Å². The molecule has 0 unspecified atom stereocenters. The van der Waals surface area contributed by atoms with Crippen molar-refractivity contribution >= 4 is 11.8 Å². The van der Waals surface area contributed by atoms with Gasteiger partial charge in [-0.1, -0.05) is 36.4 Å². The Bertz CT molecular complexity index is 886. The van der Waals surface area contributed by atoms with Crippen molar-refractivity contribution in [3.63, 3.8) is 0 Å². The Kier molecular flexibility index (Phi) is 5.28. The molecule has 2 heterocycles. The molecule has 2 amide bonds. The van der Waals surface area contributed by atoms with E-state index in [9.17, 15) is 14.0 Å². The smallest absolute Gasteiger partial charge is 0.242 e. The zero-order chi connectivity index (χ0) is 19.5. The van der Waals surface area contributed by atoms with E-state index >= 15 is 0 Å². The van der Waals surface area contributed by atoms with Gasteiger partial charge in [0, 0.05) is 31.1 Å². The van der Waals surface area contributed by atoms with Crippen LogP contribution in [-0.4, -0.2) is 47.9 Å². The molecule has 1 saturated heterocycles. The average Bonchev–Trinajstić information content (AvgIpc) is 2.93. The molecule has 2 aromatic rings. The average molecular weight is 382 g/mol. The maximum absolute atomic E-state index is 13.9. The lowest BCUT2D eigenvalue weighted by atomic mass is 9.95. The molecule has 2 aliphatic rings. The number of nitrogens with zero attached hydrogens (tertiary/aromatic N) is 2. The first-order valence-corrected chi connectivity index (χ1v) is 9.62. The number of fused-ring (bicyclic) bond motifs is 1. The number of hydrogen-bond acceptors (Lipinski definition) is 3. The molecule has 4 rings (SSSR count). The molecule has 0 spiro atoms. The summed E-state index contributed by atoms with van der Waals surface area (Å²) in [7, 11) is 0. The van der Waals surface area contributed by atoms with Gasteiger partial charge in [-0.3, -0.25) is 9.59 Å². The van der Waals surface area contributed by atoms with Crippen LogP contribution >= 0.6 is 0 Å². The molecule has 0 bridgehead atoms. The SMILES string of the molecule is O=C1CN(C(=O)[C@@H]2CCOc3ccccc3C2)CCN1Cc1ccccc1F. The predicted molar refractivity (Wildman–Crippen MR) is 102 cm³/mol. The summed E-state index contributed by atoms with van der Waals surface area (Å²) in [6, 6.07) is 14.2. The lowest BCUT2D eigenvalue weighted by Crippen LogP contribution is -2.53. The fourth-order valence-electron chi connectivity index (χ4n) is 3.86. The normalized spacial score (nSPS) is 19.6. The molecule has 1 fully saturated rings. The van der Waals surface area contributed by atoms with Gasteiger partial charge in [0.25, 0.3) is 0 Å². The number of ether oxygens (including phenoxy) is 1. The predicted octanol–water partition coefficient (Wildman–Crippen LogP) is 2.64. The Morgan fingerprint density at radius 3 is 2.71 bits per heavy atom. The standard InChI is InChI=1S/C22H23FN2O3/c23-19-7-3-1-6-18(19)14-24-10-11-25(15-21(24)26)22(27)17-9-12-28-20-8-4-2-5-16(20)13-17/h1-8,17H,9-15H2/t17-/m1/s1. The Morgan fingerprint density at radius 2 is 1.89 bits per heavy atom. The minimum absolute atomic E-state index is 0.000746. The van der Waals surface area contributed by atoms with Crippen LogP contribution in [0.4, 0.5) is 4.39 Å². The third kappa shape index (κ3) is 3.86. The molecule has 0 aromatic heterocycles. The molecule has 0 N–H and O–H groups in total. The van der Waals surface area contributed by atoms with Crippen molar-refractivity contribution in [3.8, 4) is 5.75 Å². The van der Waals surface area contributed by atoms with Crippen LogP contribution in [-0.2, 0) is 22.6 Å². The lowest BCUT2D eigenvalue weighted by Gasteiger charge is -2.36. The number of hydrogen-bond donors (Lipinski definition) is 0. The van der Waals surface area contributed by atoms with Gasteiger partial charge in [-0.25, -0.2) is 4.39 Å². The maximum Gasteiger partial charge on any atom is 0.242 e. The molecular weight excluding hydrogens is 359 g/mol. The first-order chi connectivity index (χ1) is 13.6. The summed E-state index contributed by atoms with van der Waals surface area (Å²) < 4.78 is 19.6. The number of carbonyl (C=O) groups is 2. The van der Waals surface area contributed by atoms with E-state index in [2.05, 4.69) is 0 Å². The maximum atomic E-state index is 13.9. The fraction of sp³-hybridized carbons (Fsp3) is 0.364. The summed E-state index contributed by atoms with van der Waals surface area (Å²) in [6.45, 7) is 1.66. The van der Waals surface area contributed by atoms with E-state index < -0.39 is 0 Å². The number of amides is 2. The highest BCUT2D eigenvalue weighted by Crippen LogP contribution is 2.28. The lowest BCUT2D eigenvalue weighted by molar-refractivity contribution is -0.148. The van der Waals surface area contributed by atoms with Crippen molar-refractivity contribution in [1.82, 2.24) is 9.80 Å². The molecule has 2 aliphatic heterocycles. The minimum Gasteiger partial charge on any atom is -0.493 e. The topological polar surface area (TPSA) is 49.9 Å². The molecule has 146 valence electrons. The van der Waals surface area contributed by atoms with E-state index in [1.165, 1.54) is 6.07 Å². The summed E-state index contributed by atoms with van der Waals surface area (Å²) in [6.07, 6.45) is 1.26. The molecule has 2 aromatic carbocycles. The van der Waals surface area contributed by atoms with Crippen molar-refractivity contribution in [3.05, 3.63) is 65.5 Å². The van der Waals surface area contributed by atoms with E-state index in [1.807, 2.05) is 24.3 Å². The molecule has 5 nitrogen and oxygen atoms in total. The van der Waals surface area contributed by atoms with Gasteiger partial charge < -0.3 is 14.5 Å². The number of benzene rings is 2. The largest absolute Gasteiger partial charge is 0.493 e. The summed E-state index contributed by atoms with van der Waals surface area (Å²) in [5.41, 5.74) is 1.52. The highest BCUT2D eigenvalue weighted by molar-refractivity contribution is 5.87. The van der Waals surface area contributed by atoms with Crippen LogP contribution in [0.15, 0.2) is 48.5 Å². The van der Waals surface area contributed by atoms with Gasteiger partial charge >= 0.3 is 0 Å². The molecule has 0 saturated carbocycles. The molecule has 0 radical (unpaired) electrons. The third-order valence-corrected chi connectivity index (χ3v) is 5.46. The van der Waals surface area contributed by atoms with E-state index in [0.717, 1.165) is 11.3 Å². The second kappa shape index (κ2) is 8.00. The Hall–Kier alpha value is -2.89. The minimum atomic E-state index is -0.314. The number of rotatable bonds is 3. The molecule has 28 heavy (non-hydrogen) atoms. The van der Waals surface area contributed by atoms with Crippen LogP contribution in [0.25, 0.3) is 0 Å². The van der Waals surface area contributed by atoms with Crippen molar-refractivity contribution in [2.24, 2.45) is 5.92 Å². The number of para-hydroxylation sites is 1. The Morgan fingerprint density at radius 1 is 1.11 bits per heavy atom. The van der Waals surface area contributed by atoms with Gasteiger partial charge in [-0.05, 0) is 30.5 Å². The molecular formula is C22H23FN2O3. The highest BCUT2D eigenvalue weighted by atomic mass is 19.1. The highest BCUT2D eigenvalue weighted by Gasteiger charge is 2.32. The fourth-order valence-corrected chi connectivity index (χ4v) is 3.86. The van der Waals surface area contributed by atoms with Crippen LogP contribution in [0.2, 0.25) is 0 Å². The van der Waals surface area contributed by atoms with Crippen LogP contribution in [0.5, 0.6) is 5.75 Å². The summed E-state index contributed by atoms with van der Waals surface area (Å²) in [4.78, 5) is 28.8. The summed E-state index contributed by atoms with van der Waals surface area (Å²) >= 11 is 0. The zero-order valence-corrected chi connectivity index (χ0v) is 15.6. The number of halogens is 1. The van der Waals surface area contributed by atoms with Crippen molar-refractivity contribution < 1.29 is 18.7 Å². The molecule has 6 heteroatoms. The Balaban J connectivity index is 1.39. The van der Waals surface area contributed by atoms with E-state index in [0.29, 0.717) is 38.1 Å². The zero-order valence-electron chi connectivity index (χ0n) is 15.6. The second-order valence-corrected chi connectivity index (χ2v) is 7.31. The van der Waals surface area contributed by atoms with Crippen molar-refractivity contribution in [2.75, 3.05) is 26.2 Å². The first-order valence-electron chi connectivity index (χ1n) is 9.62. The van der Waals surface area contributed by atoms with E-state index in [4.69, 9.17) is 4.74 Å². The monoisotopic (exact) mass is 382 g/mol. The van der Waals surface area contributed by atoms with Crippen molar-refractivity contribution in [2.45, 2.75) is 19.4 Å². The quantitative estimate of drug-likeness (QED) is 0.820. The van der Waals surface area contributed by atoms with Gasteiger partial charge in [-0.15, -0.1) is 0 Å². The second-order valence-electron chi connectivity index (χ2n) is 7.31. The van der Waals surface area contributed by atoms with Gasteiger partial charge in [0.15, 0.2) is 0 Å². The Labute approximate surface area is 163 Å². The van der Waals surface area contributed by atoms with Crippen LogP contribution in [0.3, 0.4) is 0 Å². The third-order valence-electron chi connectivity index (χ3n) is 5.46.